The van der Waals surface area contributed by atoms with Crippen molar-refractivity contribution in [2.24, 2.45) is 16.6 Å². The number of carbonyl (C=O) groups is 1. The van der Waals surface area contributed by atoms with Gasteiger partial charge in [0.25, 0.3) is 0 Å². The third-order valence-electron chi connectivity index (χ3n) is 3.71. The fraction of sp³-hybridized carbons (Fsp3) is 0.467. The Morgan fingerprint density at radius 3 is 2.55 bits per heavy atom. The van der Waals surface area contributed by atoms with Crippen molar-refractivity contribution in [3.63, 3.8) is 0 Å². The maximum absolute atomic E-state index is 11.9. The Hall–Kier alpha value is -2.04. The Morgan fingerprint density at radius 2 is 2.00 bits per heavy atom. The lowest BCUT2D eigenvalue weighted by atomic mass is 9.86. The van der Waals surface area contributed by atoms with Gasteiger partial charge in [-0.15, -0.1) is 0 Å². The van der Waals surface area contributed by atoms with Crippen molar-refractivity contribution in [3.8, 4) is 0 Å². The minimum Gasteiger partial charge on any atom is -0.370 e. The molecule has 108 valence electrons. The van der Waals surface area contributed by atoms with Crippen LogP contribution in [0.15, 0.2) is 23.2 Å². The van der Waals surface area contributed by atoms with Gasteiger partial charge < -0.3 is 11.1 Å². The number of guanidine groups is 1. The van der Waals surface area contributed by atoms with E-state index >= 15 is 0 Å². The number of para-hydroxylation sites is 1. The first-order valence-electron chi connectivity index (χ1n) is 7.00. The molecule has 0 atom stereocenters. The van der Waals surface area contributed by atoms with Crippen LogP contribution in [0.25, 0.3) is 0 Å². The van der Waals surface area contributed by atoms with Gasteiger partial charge in [-0.3, -0.25) is 10.3 Å². The van der Waals surface area contributed by atoms with Gasteiger partial charge >= 0.3 is 6.03 Å². The Bertz CT molecular complexity index is 500. The minimum absolute atomic E-state index is 0.181. The number of rotatable bonds is 3. The molecule has 5 nitrogen and oxygen atoms in total. The molecule has 1 aromatic carbocycles. The number of nitrogens with one attached hydrogen (secondary N) is 2. The van der Waals surface area contributed by atoms with Crippen molar-refractivity contribution in [2.75, 3.05) is 11.9 Å². The summed E-state index contributed by atoms with van der Waals surface area (Å²) in [6.45, 7) is 4.61. The summed E-state index contributed by atoms with van der Waals surface area (Å²) in [5.41, 5.74) is 8.56. The first-order chi connectivity index (χ1) is 9.56. The molecule has 0 aliphatic heterocycles. The van der Waals surface area contributed by atoms with Gasteiger partial charge in [-0.25, -0.2) is 4.79 Å². The monoisotopic (exact) mass is 274 g/mol. The molecular formula is C15H22N4O. The summed E-state index contributed by atoms with van der Waals surface area (Å²) in [6.07, 6.45) is 3.71. The zero-order valence-corrected chi connectivity index (χ0v) is 12.1. The molecule has 4 N–H and O–H groups in total. The lowest BCUT2D eigenvalue weighted by Crippen LogP contribution is -2.40. The second kappa shape index (κ2) is 6.41. The maximum Gasteiger partial charge on any atom is 0.326 e. The van der Waals surface area contributed by atoms with E-state index in [1.807, 2.05) is 32.0 Å². The van der Waals surface area contributed by atoms with Crippen molar-refractivity contribution >= 4 is 17.7 Å². The van der Waals surface area contributed by atoms with Crippen molar-refractivity contribution in [3.05, 3.63) is 29.3 Å². The van der Waals surface area contributed by atoms with Crippen molar-refractivity contribution in [2.45, 2.75) is 33.1 Å². The molecule has 1 saturated carbocycles. The van der Waals surface area contributed by atoms with Crippen LogP contribution in [0.4, 0.5) is 10.5 Å². The van der Waals surface area contributed by atoms with E-state index in [1.54, 1.807) is 0 Å². The largest absolute Gasteiger partial charge is 0.370 e. The molecule has 5 heteroatoms. The van der Waals surface area contributed by atoms with Crippen LogP contribution < -0.4 is 16.4 Å². The number of hydrogen-bond acceptors (Lipinski definition) is 2. The Morgan fingerprint density at radius 1 is 1.35 bits per heavy atom. The Kier molecular flexibility index (Phi) is 4.61. The summed E-state index contributed by atoms with van der Waals surface area (Å²) in [5.74, 6) is 0.817. The van der Waals surface area contributed by atoms with Crippen LogP contribution in [0.3, 0.4) is 0 Å². The van der Waals surface area contributed by atoms with Gasteiger partial charge in [0.2, 0.25) is 0 Å². The van der Waals surface area contributed by atoms with Gasteiger partial charge in [0.05, 0.1) is 0 Å². The van der Waals surface area contributed by atoms with Gasteiger partial charge in [-0.1, -0.05) is 24.6 Å². The van der Waals surface area contributed by atoms with E-state index < -0.39 is 0 Å². The topological polar surface area (TPSA) is 79.5 Å². The second-order valence-corrected chi connectivity index (χ2v) is 5.37. The lowest BCUT2D eigenvalue weighted by Gasteiger charge is -2.23. The number of nitrogens with zero attached hydrogens (tertiary/aromatic N) is 1. The zero-order valence-electron chi connectivity index (χ0n) is 12.1. The van der Waals surface area contributed by atoms with E-state index in [0.29, 0.717) is 12.5 Å². The van der Waals surface area contributed by atoms with E-state index in [0.717, 1.165) is 16.8 Å². The molecule has 2 amide bonds. The smallest absolute Gasteiger partial charge is 0.326 e. The first-order valence-corrected chi connectivity index (χ1v) is 7.00. The Labute approximate surface area is 119 Å². The van der Waals surface area contributed by atoms with Gasteiger partial charge in [0, 0.05) is 12.2 Å². The molecule has 0 heterocycles. The normalized spacial score (nSPS) is 15.6. The number of anilines is 1. The van der Waals surface area contributed by atoms with E-state index in [1.165, 1.54) is 19.3 Å². The lowest BCUT2D eigenvalue weighted by molar-refractivity contribution is 0.256. The molecule has 0 aromatic heterocycles. The summed E-state index contributed by atoms with van der Waals surface area (Å²) >= 11 is 0. The standard InChI is InChI=1S/C15H22N4O/c1-10-5-3-6-11(2)13(10)18-15(20)19-14(16)17-9-12-7-4-8-12/h3,5-6,12H,4,7-9H2,1-2H3,(H4,16,17,18,19,20). The van der Waals surface area contributed by atoms with Gasteiger partial charge in [-0.05, 0) is 43.7 Å². The highest BCUT2D eigenvalue weighted by Gasteiger charge is 2.16. The third kappa shape index (κ3) is 3.73. The average Bonchev–Trinajstić information content (AvgIpc) is 2.32. The number of benzene rings is 1. The summed E-state index contributed by atoms with van der Waals surface area (Å²) in [7, 11) is 0. The number of urea groups is 1. The fourth-order valence-corrected chi connectivity index (χ4v) is 2.22. The van der Waals surface area contributed by atoms with Crippen LogP contribution in [0.1, 0.15) is 30.4 Å². The van der Waals surface area contributed by atoms with Crippen molar-refractivity contribution in [1.29, 1.82) is 0 Å². The predicted molar refractivity (Wildman–Crippen MR) is 81.9 cm³/mol. The first kappa shape index (κ1) is 14.4. The van der Waals surface area contributed by atoms with Crippen LogP contribution in [0.5, 0.6) is 0 Å². The average molecular weight is 274 g/mol. The van der Waals surface area contributed by atoms with Crippen LogP contribution >= 0.6 is 0 Å². The summed E-state index contributed by atoms with van der Waals surface area (Å²) in [5, 5.41) is 5.38. The highest BCUT2D eigenvalue weighted by molar-refractivity contribution is 6.02. The summed E-state index contributed by atoms with van der Waals surface area (Å²) < 4.78 is 0. The molecule has 20 heavy (non-hydrogen) atoms. The molecule has 1 aliphatic carbocycles. The number of amides is 2. The molecule has 0 spiro atoms. The molecule has 0 bridgehead atoms. The van der Waals surface area contributed by atoms with E-state index in [4.69, 9.17) is 5.73 Å². The van der Waals surface area contributed by atoms with Gasteiger partial charge in [0.15, 0.2) is 5.96 Å². The third-order valence-corrected chi connectivity index (χ3v) is 3.71. The number of hydrogen-bond donors (Lipinski definition) is 3. The molecule has 0 unspecified atom stereocenters. The van der Waals surface area contributed by atoms with Crippen LogP contribution in [-0.4, -0.2) is 18.5 Å². The van der Waals surface area contributed by atoms with Crippen LogP contribution in [0.2, 0.25) is 0 Å². The van der Waals surface area contributed by atoms with Crippen molar-refractivity contribution < 1.29 is 4.79 Å². The fourth-order valence-electron chi connectivity index (χ4n) is 2.22. The molecule has 0 radical (unpaired) electrons. The van der Waals surface area contributed by atoms with Crippen molar-refractivity contribution in [1.82, 2.24) is 5.32 Å². The molecule has 2 rings (SSSR count). The molecular weight excluding hydrogens is 252 g/mol. The van der Waals surface area contributed by atoms with Gasteiger partial charge in [-0.2, -0.15) is 0 Å². The quantitative estimate of drug-likeness (QED) is 0.585. The van der Waals surface area contributed by atoms with Crippen LogP contribution in [0, 0.1) is 19.8 Å². The van der Waals surface area contributed by atoms with E-state index in [2.05, 4.69) is 15.6 Å². The van der Waals surface area contributed by atoms with Crippen LogP contribution in [-0.2, 0) is 0 Å². The second-order valence-electron chi connectivity index (χ2n) is 5.37. The Balaban J connectivity index is 1.88. The van der Waals surface area contributed by atoms with E-state index in [-0.39, 0.29) is 12.0 Å². The molecule has 1 aromatic rings. The SMILES string of the molecule is Cc1cccc(C)c1NC(=O)NC(N)=NCC1CCC1. The highest BCUT2D eigenvalue weighted by atomic mass is 16.2. The number of aliphatic imine (C=N–C) groups is 1. The number of carbonyl (C=O) groups excluding carboxylic acids is 1. The van der Waals surface area contributed by atoms with Gasteiger partial charge in [0.1, 0.15) is 0 Å². The summed E-state index contributed by atoms with van der Waals surface area (Å²) in [4.78, 5) is 16.1. The highest BCUT2D eigenvalue weighted by Crippen LogP contribution is 2.26. The maximum atomic E-state index is 11.9. The number of nitrogens with two attached hydrogens (primary N) is 1. The molecule has 0 saturated heterocycles. The summed E-state index contributed by atoms with van der Waals surface area (Å²) in [6, 6.07) is 5.52. The molecule has 1 aliphatic rings. The number of aryl methyl sites for hydroxylation is 2. The van der Waals surface area contributed by atoms with E-state index in [9.17, 15) is 4.79 Å². The predicted octanol–water partition coefficient (Wildman–Crippen LogP) is 2.54. The minimum atomic E-state index is -0.350. The zero-order chi connectivity index (χ0) is 14.5. The molecule has 1 fully saturated rings.